The number of nitrogens with one attached hydrogen (secondary N) is 1. The van der Waals surface area contributed by atoms with Gasteiger partial charge in [0.2, 0.25) is 15.9 Å². The maximum atomic E-state index is 12.3. The Morgan fingerprint density at radius 3 is 2.64 bits per heavy atom. The minimum atomic E-state index is -3.63. The van der Waals surface area contributed by atoms with Crippen LogP contribution in [-0.4, -0.2) is 40.8 Å². The van der Waals surface area contributed by atoms with E-state index in [4.69, 9.17) is 16.3 Å². The molecule has 1 N–H and O–H groups in total. The van der Waals surface area contributed by atoms with Crippen LogP contribution in [0.25, 0.3) is 0 Å². The molecule has 0 heterocycles. The van der Waals surface area contributed by atoms with E-state index in [9.17, 15) is 13.2 Å². The highest BCUT2D eigenvalue weighted by Gasteiger charge is 2.22. The van der Waals surface area contributed by atoms with E-state index in [1.165, 1.54) is 0 Å². The topological polar surface area (TPSA) is 75.7 Å². The zero-order valence-corrected chi connectivity index (χ0v) is 17.8. The highest BCUT2D eigenvalue weighted by Crippen LogP contribution is 2.26. The van der Waals surface area contributed by atoms with E-state index in [1.54, 1.807) is 32.2 Å². The number of nitrogens with zero attached hydrogens (tertiary/aromatic N) is 1. The number of halogens is 1. The zero-order chi connectivity index (χ0) is 20.7. The molecule has 152 valence electrons. The van der Waals surface area contributed by atoms with Crippen molar-refractivity contribution in [3.05, 3.63) is 58.6 Å². The van der Waals surface area contributed by atoms with Gasteiger partial charge in [0.25, 0.3) is 0 Å². The second-order valence-electron chi connectivity index (χ2n) is 6.51. The summed E-state index contributed by atoms with van der Waals surface area (Å²) in [4.78, 5) is 12.3. The molecule has 0 fully saturated rings. The van der Waals surface area contributed by atoms with Crippen LogP contribution in [0, 0.1) is 6.92 Å². The van der Waals surface area contributed by atoms with E-state index in [0.29, 0.717) is 17.3 Å². The number of sulfonamides is 1. The average molecular weight is 425 g/mol. The van der Waals surface area contributed by atoms with Gasteiger partial charge in [0.15, 0.2) is 0 Å². The summed E-state index contributed by atoms with van der Waals surface area (Å²) < 4.78 is 30.7. The zero-order valence-electron chi connectivity index (χ0n) is 16.2. The summed E-state index contributed by atoms with van der Waals surface area (Å²) in [7, 11) is -2.01. The van der Waals surface area contributed by atoms with E-state index in [-0.39, 0.29) is 12.5 Å². The first kappa shape index (κ1) is 22.0. The van der Waals surface area contributed by atoms with Gasteiger partial charge in [0.05, 0.1) is 19.1 Å². The number of anilines is 1. The first-order valence-electron chi connectivity index (χ1n) is 8.84. The largest absolute Gasteiger partial charge is 0.497 e. The van der Waals surface area contributed by atoms with E-state index in [2.05, 4.69) is 5.32 Å². The highest BCUT2D eigenvalue weighted by molar-refractivity contribution is 7.92. The molecule has 0 spiro atoms. The molecule has 0 atom stereocenters. The molecule has 2 rings (SSSR count). The van der Waals surface area contributed by atoms with Gasteiger partial charge in [-0.15, -0.1) is 0 Å². The van der Waals surface area contributed by atoms with Crippen molar-refractivity contribution in [2.45, 2.75) is 19.8 Å². The number of hydrogen-bond donors (Lipinski definition) is 1. The van der Waals surface area contributed by atoms with Gasteiger partial charge in [0.1, 0.15) is 12.3 Å². The van der Waals surface area contributed by atoms with Crippen LogP contribution in [0.4, 0.5) is 5.69 Å². The molecule has 2 aromatic carbocycles. The summed E-state index contributed by atoms with van der Waals surface area (Å²) in [6.45, 7) is 1.93. The normalized spacial score (nSPS) is 11.1. The van der Waals surface area contributed by atoms with Crippen molar-refractivity contribution < 1.29 is 17.9 Å². The standard InChI is InChI=1S/C20H25ClN2O4S/c1-15-9-10-17(21)13-19(15)23(28(3,25)26)14-20(24)22-11-5-7-16-6-4-8-18(12-16)27-2/h4,6,8-10,12-13H,5,7,11,14H2,1-3H3,(H,22,24). The highest BCUT2D eigenvalue weighted by atomic mass is 35.5. The summed E-state index contributed by atoms with van der Waals surface area (Å²) in [5.74, 6) is 0.428. The van der Waals surface area contributed by atoms with Gasteiger partial charge in [-0.25, -0.2) is 8.42 Å². The predicted octanol–water partition coefficient (Wildman–Crippen LogP) is 3.17. The smallest absolute Gasteiger partial charge is 0.240 e. The predicted molar refractivity (Wildman–Crippen MR) is 113 cm³/mol. The van der Waals surface area contributed by atoms with Gasteiger partial charge >= 0.3 is 0 Å². The lowest BCUT2D eigenvalue weighted by molar-refractivity contribution is -0.119. The molecule has 8 heteroatoms. The third-order valence-corrected chi connectivity index (χ3v) is 5.59. The van der Waals surface area contributed by atoms with Crippen LogP contribution in [0.3, 0.4) is 0 Å². The lowest BCUT2D eigenvalue weighted by atomic mass is 10.1. The molecule has 2 aromatic rings. The number of carbonyl (C=O) groups is 1. The van der Waals surface area contributed by atoms with Crippen molar-refractivity contribution in [3.63, 3.8) is 0 Å². The molecule has 1 amide bonds. The molecule has 0 radical (unpaired) electrons. The molecule has 0 bridgehead atoms. The number of carbonyl (C=O) groups excluding carboxylic acids is 1. The van der Waals surface area contributed by atoms with E-state index in [1.807, 2.05) is 24.3 Å². The van der Waals surface area contributed by atoms with E-state index in [0.717, 1.165) is 40.3 Å². The number of hydrogen-bond acceptors (Lipinski definition) is 4. The van der Waals surface area contributed by atoms with Gasteiger partial charge < -0.3 is 10.1 Å². The Labute approximate surface area is 171 Å². The van der Waals surface area contributed by atoms with Gasteiger partial charge in [-0.05, 0) is 55.2 Å². The number of aryl methyl sites for hydroxylation is 2. The van der Waals surface area contributed by atoms with Crippen LogP contribution in [0.15, 0.2) is 42.5 Å². The molecule has 6 nitrogen and oxygen atoms in total. The lowest BCUT2D eigenvalue weighted by Gasteiger charge is -2.23. The number of ether oxygens (including phenoxy) is 1. The summed E-state index contributed by atoms with van der Waals surface area (Å²) in [6, 6.07) is 12.7. The third-order valence-electron chi connectivity index (χ3n) is 4.23. The molecule has 0 aliphatic rings. The minimum Gasteiger partial charge on any atom is -0.497 e. The fourth-order valence-corrected chi connectivity index (χ4v) is 3.84. The van der Waals surface area contributed by atoms with Crippen molar-refractivity contribution in [3.8, 4) is 5.75 Å². The van der Waals surface area contributed by atoms with Crippen LogP contribution >= 0.6 is 11.6 Å². The van der Waals surface area contributed by atoms with Gasteiger partial charge in [-0.3, -0.25) is 9.10 Å². The monoisotopic (exact) mass is 424 g/mol. The molecule has 0 saturated carbocycles. The lowest BCUT2D eigenvalue weighted by Crippen LogP contribution is -2.41. The van der Waals surface area contributed by atoms with Gasteiger partial charge in [0, 0.05) is 11.6 Å². The summed E-state index contributed by atoms with van der Waals surface area (Å²) >= 11 is 6.00. The minimum absolute atomic E-state index is 0.292. The van der Waals surface area contributed by atoms with Crippen LogP contribution in [0.1, 0.15) is 17.5 Å². The SMILES string of the molecule is COc1cccc(CCCNC(=O)CN(c2cc(Cl)ccc2C)S(C)(=O)=O)c1. The van der Waals surface area contributed by atoms with Crippen LogP contribution in [0.2, 0.25) is 5.02 Å². The summed E-state index contributed by atoms with van der Waals surface area (Å²) in [5.41, 5.74) is 2.24. The van der Waals surface area contributed by atoms with Crippen molar-refractivity contribution >= 4 is 33.2 Å². The molecule has 0 saturated heterocycles. The van der Waals surface area contributed by atoms with Crippen LogP contribution in [0.5, 0.6) is 5.75 Å². The Morgan fingerprint density at radius 1 is 1.21 bits per heavy atom. The molecule has 0 aromatic heterocycles. The van der Waals surface area contributed by atoms with Crippen molar-refractivity contribution in [1.29, 1.82) is 0 Å². The fourth-order valence-electron chi connectivity index (χ4n) is 2.77. The number of methoxy groups -OCH3 is 1. The Kier molecular flexibility index (Phi) is 7.71. The Bertz CT molecular complexity index is 932. The average Bonchev–Trinajstić information content (AvgIpc) is 2.64. The van der Waals surface area contributed by atoms with E-state index < -0.39 is 10.0 Å². The quantitative estimate of drug-likeness (QED) is 0.627. The molecule has 28 heavy (non-hydrogen) atoms. The summed E-state index contributed by atoms with van der Waals surface area (Å²) in [5, 5.41) is 3.19. The van der Waals surface area contributed by atoms with Crippen molar-refractivity contribution in [2.24, 2.45) is 0 Å². The Balaban J connectivity index is 1.94. The Hall–Kier alpha value is -2.25. The van der Waals surface area contributed by atoms with Crippen LogP contribution in [-0.2, 0) is 21.2 Å². The fraction of sp³-hybridized carbons (Fsp3) is 0.350. The molecule has 0 aliphatic carbocycles. The second-order valence-corrected chi connectivity index (χ2v) is 8.85. The number of rotatable bonds is 9. The Morgan fingerprint density at radius 2 is 1.96 bits per heavy atom. The van der Waals surface area contributed by atoms with Gasteiger partial charge in [-0.2, -0.15) is 0 Å². The first-order chi connectivity index (χ1) is 13.2. The number of amides is 1. The summed E-state index contributed by atoms with van der Waals surface area (Å²) in [6.07, 6.45) is 2.58. The van der Waals surface area contributed by atoms with Crippen LogP contribution < -0.4 is 14.4 Å². The number of benzene rings is 2. The van der Waals surface area contributed by atoms with E-state index >= 15 is 0 Å². The maximum absolute atomic E-state index is 12.3. The molecular weight excluding hydrogens is 400 g/mol. The van der Waals surface area contributed by atoms with Gasteiger partial charge in [-0.1, -0.05) is 29.8 Å². The van der Waals surface area contributed by atoms with Crippen molar-refractivity contribution in [2.75, 3.05) is 30.8 Å². The first-order valence-corrected chi connectivity index (χ1v) is 11.1. The maximum Gasteiger partial charge on any atom is 0.240 e. The molecule has 0 aliphatic heterocycles. The molecular formula is C20H25ClN2O4S. The third kappa shape index (κ3) is 6.42. The van der Waals surface area contributed by atoms with Crippen molar-refractivity contribution in [1.82, 2.24) is 5.32 Å². The second kappa shape index (κ2) is 9.80. The molecule has 0 unspecified atom stereocenters.